The van der Waals surface area contributed by atoms with Crippen LogP contribution in [-0.4, -0.2) is 10.6 Å². The summed E-state index contributed by atoms with van der Waals surface area (Å²) in [6.45, 7) is 8.69. The maximum absolute atomic E-state index is 4.37. The van der Waals surface area contributed by atoms with Crippen molar-refractivity contribution < 1.29 is 0 Å². The zero-order valence-corrected chi connectivity index (χ0v) is 17.6. The first kappa shape index (κ1) is 19.8. The predicted molar refractivity (Wildman–Crippen MR) is 130 cm³/mol. The lowest BCUT2D eigenvalue weighted by Crippen LogP contribution is -2.31. The largest absolute Gasteiger partial charge is 0.384 e. The average molecular weight is 393 g/mol. The molecule has 3 aromatic rings. The highest BCUT2D eigenvalue weighted by molar-refractivity contribution is 5.83. The lowest BCUT2D eigenvalue weighted by molar-refractivity contribution is 0.540. The lowest BCUT2D eigenvalue weighted by atomic mass is 9.88. The van der Waals surface area contributed by atoms with Crippen LogP contribution in [0, 0.1) is 5.92 Å². The molecule has 150 valence electrons. The van der Waals surface area contributed by atoms with Gasteiger partial charge < -0.3 is 9.88 Å². The molecule has 2 atom stereocenters. The zero-order valence-electron chi connectivity index (χ0n) is 17.6. The fraction of sp³-hybridized carbons (Fsp3) is 0.143. The van der Waals surface area contributed by atoms with E-state index in [-0.39, 0.29) is 6.04 Å². The third kappa shape index (κ3) is 3.81. The molecule has 1 aromatic heterocycles. The summed E-state index contributed by atoms with van der Waals surface area (Å²) < 4.78 is 2.28. The van der Waals surface area contributed by atoms with Gasteiger partial charge in [0.05, 0.1) is 16.9 Å². The SMILES string of the molecule is C=c1/c(=C\C=C\NC2C=CC=C(/C=C\C)C2C)n(-c2ccccc2)c2ccccc12. The molecule has 2 nitrogen and oxygen atoms in total. The molecule has 2 unspecified atom stereocenters. The van der Waals surface area contributed by atoms with Crippen molar-refractivity contribution in [3.63, 3.8) is 0 Å². The molecule has 0 fully saturated rings. The van der Waals surface area contributed by atoms with Gasteiger partial charge in [-0.05, 0) is 49.0 Å². The van der Waals surface area contributed by atoms with E-state index >= 15 is 0 Å². The van der Waals surface area contributed by atoms with Gasteiger partial charge in [-0.3, -0.25) is 0 Å². The molecule has 30 heavy (non-hydrogen) atoms. The molecule has 0 aliphatic heterocycles. The van der Waals surface area contributed by atoms with Crippen LogP contribution in [0.4, 0.5) is 0 Å². The quantitative estimate of drug-likeness (QED) is 0.646. The van der Waals surface area contributed by atoms with Crippen LogP contribution in [0.2, 0.25) is 0 Å². The van der Waals surface area contributed by atoms with Crippen LogP contribution in [0.1, 0.15) is 13.8 Å². The van der Waals surface area contributed by atoms with Gasteiger partial charge in [-0.25, -0.2) is 0 Å². The van der Waals surface area contributed by atoms with E-state index in [0.717, 1.165) is 16.3 Å². The average Bonchev–Trinajstić information content (AvgIpc) is 3.06. The molecule has 1 heterocycles. The van der Waals surface area contributed by atoms with E-state index in [4.69, 9.17) is 0 Å². The summed E-state index contributed by atoms with van der Waals surface area (Å²) >= 11 is 0. The predicted octanol–water partition coefficient (Wildman–Crippen LogP) is 5.00. The van der Waals surface area contributed by atoms with E-state index in [0.29, 0.717) is 5.92 Å². The maximum Gasteiger partial charge on any atom is 0.0540 e. The Balaban J connectivity index is 1.67. The number of nitrogens with one attached hydrogen (secondary N) is 1. The van der Waals surface area contributed by atoms with Gasteiger partial charge in [-0.1, -0.05) is 80.3 Å². The summed E-state index contributed by atoms with van der Waals surface area (Å²) in [7, 11) is 0. The van der Waals surface area contributed by atoms with Gasteiger partial charge >= 0.3 is 0 Å². The monoisotopic (exact) mass is 392 g/mol. The van der Waals surface area contributed by atoms with Gasteiger partial charge in [0.1, 0.15) is 0 Å². The Bertz CT molecular complexity index is 1250. The van der Waals surface area contributed by atoms with Crippen molar-refractivity contribution in [2.75, 3.05) is 0 Å². The number of benzene rings is 2. The van der Waals surface area contributed by atoms with E-state index in [1.807, 2.05) is 12.3 Å². The Morgan fingerprint density at radius 3 is 2.60 bits per heavy atom. The molecule has 0 bridgehead atoms. The van der Waals surface area contributed by atoms with Gasteiger partial charge in [-0.15, -0.1) is 0 Å². The number of rotatable bonds is 5. The fourth-order valence-electron chi connectivity index (χ4n) is 4.07. The molecule has 1 aliphatic carbocycles. The summed E-state index contributed by atoms with van der Waals surface area (Å²) in [5.41, 5.74) is 3.66. The molecule has 0 amide bonds. The first-order chi connectivity index (χ1) is 14.7. The van der Waals surface area contributed by atoms with Crippen molar-refractivity contribution in [1.29, 1.82) is 0 Å². The fourth-order valence-corrected chi connectivity index (χ4v) is 4.07. The molecular weight excluding hydrogens is 364 g/mol. The first-order valence-corrected chi connectivity index (χ1v) is 10.5. The van der Waals surface area contributed by atoms with E-state index in [1.54, 1.807) is 0 Å². The Kier molecular flexibility index (Phi) is 5.85. The number of hydrogen-bond acceptors (Lipinski definition) is 1. The number of aromatic nitrogens is 1. The highest BCUT2D eigenvalue weighted by atomic mass is 15.0. The summed E-state index contributed by atoms with van der Waals surface area (Å²) in [5.74, 6) is 0.426. The highest BCUT2D eigenvalue weighted by Crippen LogP contribution is 2.21. The van der Waals surface area contributed by atoms with Crippen LogP contribution in [0.5, 0.6) is 0 Å². The van der Waals surface area contributed by atoms with Gasteiger partial charge in [-0.2, -0.15) is 0 Å². The van der Waals surface area contributed by atoms with Gasteiger partial charge in [0.2, 0.25) is 0 Å². The van der Waals surface area contributed by atoms with Crippen LogP contribution in [-0.2, 0) is 0 Å². The number of para-hydroxylation sites is 2. The van der Waals surface area contributed by atoms with E-state index < -0.39 is 0 Å². The molecule has 0 saturated carbocycles. The minimum Gasteiger partial charge on any atom is -0.384 e. The molecule has 0 saturated heterocycles. The van der Waals surface area contributed by atoms with E-state index in [1.165, 1.54) is 16.5 Å². The standard InChI is InChI=1S/C28H28N2/c1-4-12-23-13-10-17-26(21(23)2)29-20-11-19-27-22(3)25-16-8-9-18-28(25)30(27)24-14-6-5-7-15-24/h4-21,26,29H,3H2,1-2H3/b12-4-,20-11+,27-19+. The third-order valence-corrected chi connectivity index (χ3v) is 5.70. The van der Waals surface area contributed by atoms with Crippen molar-refractivity contribution >= 4 is 23.6 Å². The Labute approximate surface area is 178 Å². The topological polar surface area (TPSA) is 17.0 Å². The minimum absolute atomic E-state index is 0.282. The van der Waals surface area contributed by atoms with Crippen molar-refractivity contribution in [1.82, 2.24) is 9.88 Å². The van der Waals surface area contributed by atoms with Crippen LogP contribution in [0.25, 0.3) is 29.2 Å². The van der Waals surface area contributed by atoms with E-state index in [2.05, 4.69) is 121 Å². The third-order valence-electron chi connectivity index (χ3n) is 5.70. The Morgan fingerprint density at radius 2 is 1.80 bits per heavy atom. The lowest BCUT2D eigenvalue weighted by Gasteiger charge is -2.25. The van der Waals surface area contributed by atoms with Crippen LogP contribution >= 0.6 is 0 Å². The van der Waals surface area contributed by atoms with Crippen LogP contribution in [0.15, 0.2) is 103 Å². The summed E-state index contributed by atoms with van der Waals surface area (Å²) in [6.07, 6.45) is 17.1. The van der Waals surface area contributed by atoms with Crippen LogP contribution < -0.4 is 15.9 Å². The molecule has 4 rings (SSSR count). The molecule has 2 aromatic carbocycles. The number of allylic oxidation sites excluding steroid dienone is 5. The summed E-state index contributed by atoms with van der Waals surface area (Å²) in [4.78, 5) is 0. The second-order valence-electron chi connectivity index (χ2n) is 7.61. The molecule has 2 heteroatoms. The minimum atomic E-state index is 0.282. The highest BCUT2D eigenvalue weighted by Gasteiger charge is 2.17. The second-order valence-corrected chi connectivity index (χ2v) is 7.61. The van der Waals surface area contributed by atoms with Gasteiger partial charge in [0.15, 0.2) is 0 Å². The molecule has 0 radical (unpaired) electrons. The summed E-state index contributed by atoms with van der Waals surface area (Å²) in [6, 6.07) is 19.2. The Hall–Kier alpha value is -3.52. The summed E-state index contributed by atoms with van der Waals surface area (Å²) in [5, 5.41) is 6.86. The van der Waals surface area contributed by atoms with Crippen molar-refractivity contribution in [2.24, 2.45) is 5.92 Å². The smallest absolute Gasteiger partial charge is 0.0540 e. The van der Waals surface area contributed by atoms with Crippen molar-refractivity contribution in [3.8, 4) is 5.69 Å². The second kappa shape index (κ2) is 8.87. The Morgan fingerprint density at radius 1 is 1.03 bits per heavy atom. The van der Waals surface area contributed by atoms with Crippen LogP contribution in [0.3, 0.4) is 0 Å². The number of hydrogen-bond donors (Lipinski definition) is 1. The van der Waals surface area contributed by atoms with Gasteiger partial charge in [0.25, 0.3) is 0 Å². The van der Waals surface area contributed by atoms with Crippen molar-refractivity contribution in [3.05, 3.63) is 113 Å². The number of fused-ring (bicyclic) bond motifs is 1. The number of nitrogens with zero attached hydrogens (tertiary/aromatic N) is 1. The maximum atomic E-state index is 4.37. The first-order valence-electron chi connectivity index (χ1n) is 10.5. The van der Waals surface area contributed by atoms with Crippen molar-refractivity contribution in [2.45, 2.75) is 19.9 Å². The molecule has 0 spiro atoms. The van der Waals surface area contributed by atoms with E-state index in [9.17, 15) is 0 Å². The normalized spacial score (nSPS) is 19.8. The molecule has 1 aliphatic rings. The van der Waals surface area contributed by atoms with Gasteiger partial charge in [0, 0.05) is 22.2 Å². The zero-order chi connectivity index (χ0) is 20.9. The molecular formula is C28H28N2. The molecule has 1 N–H and O–H groups in total.